The molecule has 0 atom stereocenters. The SMILES string of the molecule is Cc1cc(C)c2nc(-c3csc4ccccc34)[nH]c2c1. The standard InChI is InChI=1S/C17H14N2S/c1-10-7-11(2)16-14(8-10)18-17(19-16)13-9-20-15-6-4-3-5-12(13)15/h3-9H,1-2H3,(H,18,19). The minimum absolute atomic E-state index is 0.964. The van der Waals surface area contributed by atoms with Crippen molar-refractivity contribution in [1.29, 1.82) is 0 Å². The van der Waals surface area contributed by atoms with Crippen LogP contribution in [0.1, 0.15) is 11.1 Å². The van der Waals surface area contributed by atoms with Crippen LogP contribution in [-0.4, -0.2) is 9.97 Å². The largest absolute Gasteiger partial charge is 0.338 e. The highest BCUT2D eigenvalue weighted by Gasteiger charge is 2.11. The van der Waals surface area contributed by atoms with Crippen LogP contribution < -0.4 is 0 Å². The molecule has 0 unspecified atom stereocenters. The van der Waals surface area contributed by atoms with Crippen molar-refractivity contribution in [3.8, 4) is 11.4 Å². The normalized spacial score (nSPS) is 11.5. The van der Waals surface area contributed by atoms with E-state index in [-0.39, 0.29) is 0 Å². The van der Waals surface area contributed by atoms with Gasteiger partial charge < -0.3 is 4.98 Å². The van der Waals surface area contributed by atoms with Gasteiger partial charge in [0.1, 0.15) is 5.82 Å². The van der Waals surface area contributed by atoms with Gasteiger partial charge in [-0.2, -0.15) is 0 Å². The van der Waals surface area contributed by atoms with Gasteiger partial charge in [0, 0.05) is 21.0 Å². The number of thiophene rings is 1. The number of aromatic nitrogens is 2. The number of fused-ring (bicyclic) bond motifs is 2. The summed E-state index contributed by atoms with van der Waals surface area (Å²) in [7, 11) is 0. The minimum atomic E-state index is 0.964. The number of aromatic amines is 1. The molecule has 2 aromatic heterocycles. The van der Waals surface area contributed by atoms with Gasteiger partial charge in [0.2, 0.25) is 0 Å². The van der Waals surface area contributed by atoms with Crippen molar-refractivity contribution in [2.75, 3.05) is 0 Å². The van der Waals surface area contributed by atoms with Crippen LogP contribution in [0.15, 0.2) is 41.8 Å². The summed E-state index contributed by atoms with van der Waals surface area (Å²) in [6.45, 7) is 4.23. The summed E-state index contributed by atoms with van der Waals surface area (Å²) in [5.41, 5.74) is 5.87. The predicted octanol–water partition coefficient (Wildman–Crippen LogP) is 5.06. The van der Waals surface area contributed by atoms with Crippen molar-refractivity contribution in [3.05, 3.63) is 52.9 Å². The lowest BCUT2D eigenvalue weighted by Gasteiger charge is -1.96. The van der Waals surface area contributed by atoms with E-state index in [2.05, 4.69) is 60.6 Å². The molecule has 4 rings (SSSR count). The number of aryl methyl sites for hydroxylation is 2. The van der Waals surface area contributed by atoms with Crippen LogP contribution in [0.5, 0.6) is 0 Å². The van der Waals surface area contributed by atoms with Crippen molar-refractivity contribution in [3.63, 3.8) is 0 Å². The maximum Gasteiger partial charge on any atom is 0.139 e. The Morgan fingerprint density at radius 3 is 2.85 bits per heavy atom. The molecule has 0 amide bonds. The van der Waals surface area contributed by atoms with E-state index >= 15 is 0 Å². The van der Waals surface area contributed by atoms with Gasteiger partial charge in [0.15, 0.2) is 0 Å². The third-order valence-electron chi connectivity index (χ3n) is 3.66. The van der Waals surface area contributed by atoms with Crippen molar-refractivity contribution in [2.24, 2.45) is 0 Å². The summed E-state index contributed by atoms with van der Waals surface area (Å²) in [4.78, 5) is 8.26. The Morgan fingerprint density at radius 1 is 1.10 bits per heavy atom. The lowest BCUT2D eigenvalue weighted by molar-refractivity contribution is 1.34. The van der Waals surface area contributed by atoms with Gasteiger partial charge in [-0.05, 0) is 37.1 Å². The molecular formula is C17H14N2S. The van der Waals surface area contributed by atoms with E-state index in [0.717, 1.165) is 16.9 Å². The Hall–Kier alpha value is -2.13. The van der Waals surface area contributed by atoms with Crippen LogP contribution in [0.3, 0.4) is 0 Å². The Balaban J connectivity index is 2.01. The van der Waals surface area contributed by atoms with E-state index in [1.54, 1.807) is 11.3 Å². The Kier molecular flexibility index (Phi) is 2.44. The van der Waals surface area contributed by atoms with E-state index in [1.165, 1.54) is 26.8 Å². The van der Waals surface area contributed by atoms with Crippen LogP contribution in [0.2, 0.25) is 0 Å². The summed E-state index contributed by atoms with van der Waals surface area (Å²) < 4.78 is 1.30. The van der Waals surface area contributed by atoms with Gasteiger partial charge in [0.25, 0.3) is 0 Å². The first-order valence-corrected chi connectivity index (χ1v) is 7.54. The molecule has 0 radical (unpaired) electrons. The molecular weight excluding hydrogens is 264 g/mol. The molecule has 0 bridgehead atoms. The fraction of sp³-hybridized carbons (Fsp3) is 0.118. The third kappa shape index (κ3) is 1.67. The number of nitrogens with zero attached hydrogens (tertiary/aromatic N) is 1. The van der Waals surface area contributed by atoms with Crippen LogP contribution in [-0.2, 0) is 0 Å². The highest BCUT2D eigenvalue weighted by Crippen LogP contribution is 2.33. The average Bonchev–Trinajstić information content (AvgIpc) is 3.01. The molecule has 20 heavy (non-hydrogen) atoms. The number of H-pyrrole nitrogens is 1. The molecule has 3 heteroatoms. The molecule has 2 nitrogen and oxygen atoms in total. The summed E-state index contributed by atoms with van der Waals surface area (Å²) in [6.07, 6.45) is 0. The molecule has 0 aliphatic rings. The summed E-state index contributed by atoms with van der Waals surface area (Å²) in [6, 6.07) is 12.8. The monoisotopic (exact) mass is 278 g/mol. The number of benzene rings is 2. The van der Waals surface area contributed by atoms with E-state index < -0.39 is 0 Å². The van der Waals surface area contributed by atoms with Gasteiger partial charge in [-0.15, -0.1) is 11.3 Å². The number of rotatable bonds is 1. The summed E-state index contributed by atoms with van der Waals surface area (Å²) in [5.74, 6) is 0.964. The Labute approximate surface area is 121 Å². The molecule has 0 spiro atoms. The zero-order valence-electron chi connectivity index (χ0n) is 11.4. The maximum absolute atomic E-state index is 4.80. The lowest BCUT2D eigenvalue weighted by Crippen LogP contribution is -1.79. The van der Waals surface area contributed by atoms with Crippen molar-refractivity contribution < 1.29 is 0 Å². The number of nitrogens with one attached hydrogen (secondary N) is 1. The fourth-order valence-corrected chi connectivity index (χ4v) is 3.71. The Morgan fingerprint density at radius 2 is 1.95 bits per heavy atom. The second-order valence-corrected chi connectivity index (χ2v) is 6.12. The second kappa shape index (κ2) is 4.18. The van der Waals surface area contributed by atoms with Crippen molar-refractivity contribution >= 4 is 32.5 Å². The van der Waals surface area contributed by atoms with E-state index in [9.17, 15) is 0 Å². The van der Waals surface area contributed by atoms with Crippen LogP contribution >= 0.6 is 11.3 Å². The number of hydrogen-bond acceptors (Lipinski definition) is 2. The lowest BCUT2D eigenvalue weighted by atomic mass is 10.1. The predicted molar refractivity (Wildman–Crippen MR) is 86.4 cm³/mol. The first kappa shape index (κ1) is 11.7. The average molecular weight is 278 g/mol. The molecule has 2 heterocycles. The van der Waals surface area contributed by atoms with Crippen LogP contribution in [0.25, 0.3) is 32.5 Å². The first-order valence-electron chi connectivity index (χ1n) is 6.66. The summed E-state index contributed by atoms with van der Waals surface area (Å²) in [5, 5.41) is 3.45. The highest BCUT2D eigenvalue weighted by molar-refractivity contribution is 7.17. The molecule has 98 valence electrons. The molecule has 0 saturated heterocycles. The third-order valence-corrected chi connectivity index (χ3v) is 4.62. The molecule has 2 aromatic carbocycles. The van der Waals surface area contributed by atoms with Gasteiger partial charge in [-0.3, -0.25) is 0 Å². The molecule has 0 saturated carbocycles. The van der Waals surface area contributed by atoms with Crippen LogP contribution in [0, 0.1) is 13.8 Å². The maximum atomic E-state index is 4.80. The van der Waals surface area contributed by atoms with Crippen molar-refractivity contribution in [1.82, 2.24) is 9.97 Å². The van der Waals surface area contributed by atoms with E-state index in [4.69, 9.17) is 4.98 Å². The molecule has 0 fully saturated rings. The second-order valence-electron chi connectivity index (χ2n) is 5.21. The smallest absolute Gasteiger partial charge is 0.139 e. The molecule has 0 aliphatic heterocycles. The minimum Gasteiger partial charge on any atom is -0.338 e. The van der Waals surface area contributed by atoms with Crippen LogP contribution in [0.4, 0.5) is 0 Å². The Bertz CT molecular complexity index is 931. The van der Waals surface area contributed by atoms with Gasteiger partial charge in [-0.1, -0.05) is 24.3 Å². The van der Waals surface area contributed by atoms with Gasteiger partial charge in [-0.25, -0.2) is 4.98 Å². The zero-order valence-corrected chi connectivity index (χ0v) is 12.2. The highest BCUT2D eigenvalue weighted by atomic mass is 32.1. The van der Waals surface area contributed by atoms with E-state index in [1.807, 2.05) is 0 Å². The van der Waals surface area contributed by atoms with Gasteiger partial charge in [0.05, 0.1) is 11.0 Å². The zero-order chi connectivity index (χ0) is 13.7. The number of hydrogen-bond donors (Lipinski definition) is 1. The summed E-state index contributed by atoms with van der Waals surface area (Å²) >= 11 is 1.77. The molecule has 0 aliphatic carbocycles. The molecule has 4 aromatic rings. The number of imidazole rings is 1. The molecule has 1 N–H and O–H groups in total. The van der Waals surface area contributed by atoms with Gasteiger partial charge >= 0.3 is 0 Å². The first-order chi connectivity index (χ1) is 9.72. The van der Waals surface area contributed by atoms with Crippen molar-refractivity contribution in [2.45, 2.75) is 13.8 Å². The van der Waals surface area contributed by atoms with E-state index in [0.29, 0.717) is 0 Å². The fourth-order valence-electron chi connectivity index (χ4n) is 2.76. The quantitative estimate of drug-likeness (QED) is 0.518. The topological polar surface area (TPSA) is 28.7 Å².